The van der Waals surface area contributed by atoms with Gasteiger partial charge in [-0.15, -0.1) is 0 Å². The second-order valence-corrected chi connectivity index (χ2v) is 7.23. The molecule has 2 fully saturated rings. The zero-order chi connectivity index (χ0) is 16.5. The fourth-order valence-corrected chi connectivity index (χ4v) is 3.38. The lowest BCUT2D eigenvalue weighted by Gasteiger charge is -2.43. The number of aliphatic carboxylic acids is 1. The van der Waals surface area contributed by atoms with Crippen LogP contribution >= 0.6 is 0 Å². The minimum Gasteiger partial charge on any atom is -0.548 e. The van der Waals surface area contributed by atoms with Crippen molar-refractivity contribution >= 4 is 12.0 Å². The number of quaternary nitrogens is 1. The molecular weight excluding hydrogens is 286 g/mol. The van der Waals surface area contributed by atoms with Crippen molar-refractivity contribution in [1.82, 2.24) is 9.80 Å². The number of carbonyl (C=O) groups is 2. The van der Waals surface area contributed by atoms with Crippen LogP contribution in [0.5, 0.6) is 0 Å². The number of rotatable bonds is 4. The molecule has 0 aliphatic carbocycles. The average molecular weight is 313 g/mol. The minimum atomic E-state index is -1.17. The maximum atomic E-state index is 12.8. The second kappa shape index (κ2) is 6.14. The van der Waals surface area contributed by atoms with E-state index in [9.17, 15) is 14.7 Å². The molecule has 2 rings (SSSR count). The van der Waals surface area contributed by atoms with Gasteiger partial charge in [-0.3, -0.25) is 9.80 Å². The van der Waals surface area contributed by atoms with Crippen LogP contribution in [0.15, 0.2) is 0 Å². The van der Waals surface area contributed by atoms with Gasteiger partial charge in [0.05, 0.1) is 24.7 Å². The summed E-state index contributed by atoms with van der Waals surface area (Å²) in [5, 5.41) is 11.3. The van der Waals surface area contributed by atoms with Gasteiger partial charge in [0, 0.05) is 26.7 Å². The number of hydrogen-bond acceptors (Lipinski definition) is 5. The molecule has 0 radical (unpaired) electrons. The number of urea groups is 1. The van der Waals surface area contributed by atoms with Crippen molar-refractivity contribution in [3.63, 3.8) is 0 Å². The lowest BCUT2D eigenvalue weighted by molar-refractivity contribution is -0.889. The molecule has 0 aromatic rings. The molecule has 0 N–H and O–H groups in total. The van der Waals surface area contributed by atoms with Gasteiger partial charge in [0.1, 0.15) is 19.1 Å². The number of morpholine rings is 1. The fourth-order valence-electron chi connectivity index (χ4n) is 3.38. The average Bonchev–Trinajstić information content (AvgIpc) is 2.71. The number of nitrogens with zero attached hydrogens (tertiary/aromatic N) is 3. The summed E-state index contributed by atoms with van der Waals surface area (Å²) in [6.45, 7) is 10.8. The normalized spacial score (nSPS) is 30.8. The predicted octanol–water partition coefficient (Wildman–Crippen LogP) is -0.882. The zero-order valence-electron chi connectivity index (χ0n) is 14.0. The van der Waals surface area contributed by atoms with E-state index in [0.29, 0.717) is 19.8 Å². The van der Waals surface area contributed by atoms with E-state index in [2.05, 4.69) is 4.90 Å². The molecule has 2 atom stereocenters. The Hall–Kier alpha value is -1.18. The van der Waals surface area contributed by atoms with E-state index in [1.807, 2.05) is 20.8 Å². The summed E-state index contributed by atoms with van der Waals surface area (Å²) in [5.74, 6) is -1.17. The summed E-state index contributed by atoms with van der Waals surface area (Å²) in [7, 11) is 1.56. The summed E-state index contributed by atoms with van der Waals surface area (Å²) in [6, 6.07) is -0.980. The molecule has 2 amide bonds. The van der Waals surface area contributed by atoms with E-state index in [1.54, 1.807) is 7.05 Å². The van der Waals surface area contributed by atoms with Gasteiger partial charge in [0.2, 0.25) is 0 Å². The summed E-state index contributed by atoms with van der Waals surface area (Å²) in [4.78, 5) is 27.8. The highest BCUT2D eigenvalue weighted by Crippen LogP contribution is 2.33. The van der Waals surface area contributed by atoms with Crippen molar-refractivity contribution in [3.05, 3.63) is 0 Å². The van der Waals surface area contributed by atoms with Crippen molar-refractivity contribution in [2.75, 3.05) is 53.0 Å². The van der Waals surface area contributed by atoms with Crippen molar-refractivity contribution in [2.45, 2.75) is 32.4 Å². The number of ether oxygens (including phenoxy) is 1. The van der Waals surface area contributed by atoms with Crippen molar-refractivity contribution in [3.8, 4) is 0 Å². The van der Waals surface area contributed by atoms with E-state index >= 15 is 0 Å². The Labute approximate surface area is 132 Å². The number of likely N-dealkylation sites (N-methyl/N-ethyl adjacent to an activating group) is 1. The first-order valence-corrected chi connectivity index (χ1v) is 7.84. The van der Waals surface area contributed by atoms with Crippen LogP contribution in [0.25, 0.3) is 0 Å². The standard InChI is InChI=1S/C15H27N3O4/c1-15(2,3)18(8-5-17-6-9-22-10-7-17)11-12(13(19)20)16(4)14(18)21/h12H,5-11H2,1-4H3. The SMILES string of the molecule is CN1C(=O)[N+](CCN2CCOCC2)(C(C)(C)C)CC1C(=O)[O-]. The summed E-state index contributed by atoms with van der Waals surface area (Å²) in [6.07, 6.45) is 0. The van der Waals surface area contributed by atoms with Gasteiger partial charge >= 0.3 is 6.03 Å². The smallest absolute Gasteiger partial charge is 0.420 e. The Morgan fingerprint density at radius 2 is 1.95 bits per heavy atom. The van der Waals surface area contributed by atoms with E-state index in [-0.39, 0.29) is 22.6 Å². The molecule has 7 nitrogen and oxygen atoms in total. The molecule has 2 aliphatic rings. The third kappa shape index (κ3) is 2.98. The van der Waals surface area contributed by atoms with Crippen LogP contribution in [0, 0.1) is 0 Å². The molecule has 7 heteroatoms. The minimum absolute atomic E-state index is 0.130. The van der Waals surface area contributed by atoms with Crippen LogP contribution in [-0.4, -0.2) is 90.8 Å². The molecular formula is C15H27N3O4. The van der Waals surface area contributed by atoms with Crippen LogP contribution in [0.1, 0.15) is 20.8 Å². The van der Waals surface area contributed by atoms with Gasteiger partial charge in [-0.05, 0) is 20.8 Å². The molecule has 0 aromatic carbocycles. The fraction of sp³-hybridized carbons (Fsp3) is 0.867. The third-order valence-corrected chi connectivity index (χ3v) is 5.08. The molecule has 0 saturated carbocycles. The molecule has 2 heterocycles. The van der Waals surface area contributed by atoms with Crippen LogP contribution in [0.3, 0.4) is 0 Å². The highest BCUT2D eigenvalue weighted by atomic mass is 16.5. The van der Waals surface area contributed by atoms with E-state index in [4.69, 9.17) is 4.74 Å². The monoisotopic (exact) mass is 313 g/mol. The maximum Gasteiger partial charge on any atom is 0.420 e. The first-order valence-electron chi connectivity index (χ1n) is 7.84. The van der Waals surface area contributed by atoms with Gasteiger partial charge in [0.15, 0.2) is 0 Å². The highest BCUT2D eigenvalue weighted by molar-refractivity contribution is 5.81. The molecule has 22 heavy (non-hydrogen) atoms. The molecule has 0 bridgehead atoms. The second-order valence-electron chi connectivity index (χ2n) is 7.23. The van der Waals surface area contributed by atoms with Gasteiger partial charge in [-0.25, -0.2) is 9.28 Å². The molecule has 2 unspecified atom stereocenters. The van der Waals surface area contributed by atoms with Crippen LogP contribution < -0.4 is 5.11 Å². The number of carboxylic acid groups (broad SMARTS) is 1. The third-order valence-electron chi connectivity index (χ3n) is 5.08. The Morgan fingerprint density at radius 3 is 2.41 bits per heavy atom. The number of carbonyl (C=O) groups excluding carboxylic acids is 2. The quantitative estimate of drug-likeness (QED) is 0.630. The van der Waals surface area contributed by atoms with Crippen molar-refractivity contribution in [1.29, 1.82) is 0 Å². The lowest BCUT2D eigenvalue weighted by Crippen LogP contribution is -2.64. The van der Waals surface area contributed by atoms with Crippen LogP contribution in [0.4, 0.5) is 4.79 Å². The molecule has 2 aliphatic heterocycles. The molecule has 126 valence electrons. The van der Waals surface area contributed by atoms with Crippen molar-refractivity contribution < 1.29 is 23.9 Å². The Kier molecular flexibility index (Phi) is 4.79. The molecule has 2 saturated heterocycles. The molecule has 0 spiro atoms. The van der Waals surface area contributed by atoms with Gasteiger partial charge in [-0.1, -0.05) is 0 Å². The van der Waals surface area contributed by atoms with E-state index < -0.39 is 12.0 Å². The zero-order valence-corrected chi connectivity index (χ0v) is 14.0. The Morgan fingerprint density at radius 1 is 1.36 bits per heavy atom. The summed E-state index contributed by atoms with van der Waals surface area (Å²) >= 11 is 0. The molecule has 0 aromatic heterocycles. The Bertz CT molecular complexity index is 443. The largest absolute Gasteiger partial charge is 0.548 e. The van der Waals surface area contributed by atoms with Gasteiger partial charge in [-0.2, -0.15) is 0 Å². The maximum absolute atomic E-state index is 12.8. The summed E-state index contributed by atoms with van der Waals surface area (Å²) in [5.41, 5.74) is -0.359. The summed E-state index contributed by atoms with van der Waals surface area (Å²) < 4.78 is 5.49. The lowest BCUT2D eigenvalue weighted by atomic mass is 10.0. The van der Waals surface area contributed by atoms with E-state index in [0.717, 1.165) is 19.6 Å². The van der Waals surface area contributed by atoms with Crippen molar-refractivity contribution in [2.24, 2.45) is 0 Å². The van der Waals surface area contributed by atoms with Gasteiger partial charge < -0.3 is 14.6 Å². The van der Waals surface area contributed by atoms with E-state index in [1.165, 1.54) is 4.90 Å². The first kappa shape index (κ1) is 17.2. The predicted molar refractivity (Wildman–Crippen MR) is 79.0 cm³/mol. The number of hydrogen-bond donors (Lipinski definition) is 0. The topological polar surface area (TPSA) is 72.9 Å². The number of carboxylic acids is 1. The Balaban J connectivity index is 2.18. The van der Waals surface area contributed by atoms with Gasteiger partial charge in [0.25, 0.3) is 0 Å². The highest BCUT2D eigenvalue weighted by Gasteiger charge is 2.57. The van der Waals surface area contributed by atoms with Crippen LogP contribution in [-0.2, 0) is 9.53 Å². The van der Waals surface area contributed by atoms with Crippen LogP contribution in [0.2, 0.25) is 0 Å². The number of amides is 2. The first-order chi connectivity index (χ1) is 10.2.